The third-order valence-corrected chi connectivity index (χ3v) is 9.12. The van der Waals surface area contributed by atoms with Gasteiger partial charge in [-0.25, -0.2) is 32.5 Å². The van der Waals surface area contributed by atoms with E-state index in [1.807, 2.05) is 0 Å². The first kappa shape index (κ1) is 35.6. The number of imidazole rings is 1. The van der Waals surface area contributed by atoms with Crippen LogP contribution in [0, 0.1) is 11.6 Å². The van der Waals surface area contributed by atoms with E-state index >= 15 is 4.39 Å². The van der Waals surface area contributed by atoms with Crippen LogP contribution in [0.1, 0.15) is 18.4 Å². The summed E-state index contributed by atoms with van der Waals surface area (Å²) in [7, 11) is 1.20. The molecule has 5 heterocycles. The highest BCUT2D eigenvalue weighted by Crippen LogP contribution is 2.35. The molecule has 0 amide bonds. The van der Waals surface area contributed by atoms with Crippen molar-refractivity contribution in [2.24, 2.45) is 5.73 Å². The van der Waals surface area contributed by atoms with Crippen molar-refractivity contribution in [3.8, 4) is 17.0 Å². The quantitative estimate of drug-likeness (QED) is 0.111. The Hall–Kier alpha value is -4.24. The molecule has 0 spiro atoms. The molecule has 2 fully saturated rings. The maximum absolute atomic E-state index is 15.2. The number of benzene rings is 1. The van der Waals surface area contributed by atoms with Crippen LogP contribution >= 0.6 is 0 Å². The number of aromatic nitrogens is 5. The summed E-state index contributed by atoms with van der Waals surface area (Å²) in [5.74, 6) is -1.85. The standard InChI is InChI=1S/C31H36F4N8O7/c1-49-20-7-16(32)15(6-17(20)33)18-5-14(19(8-37-18)42-4-2-3-31(36,11-42)26(48)27(34)35)9-43-13-40-22-28(38-12-39-29(22)43)41-30-25(47)24(46)23(45)21(10-44)50-30/h5-8,12-13,21,23-27,30,44-48H,2-4,9-11,36H2,1H3,(H,38,39,41)/t21?,23?,24?,25?,26-,30?,31+/m1/s1. The van der Waals surface area contributed by atoms with Gasteiger partial charge in [0.25, 0.3) is 6.43 Å². The molecule has 5 unspecified atom stereocenters. The lowest BCUT2D eigenvalue weighted by Gasteiger charge is -2.44. The average molecular weight is 709 g/mol. The number of nitrogens with zero attached hydrogens (tertiary/aromatic N) is 6. The first-order valence-corrected chi connectivity index (χ1v) is 15.6. The second-order valence-corrected chi connectivity index (χ2v) is 12.4. The van der Waals surface area contributed by atoms with Crippen molar-refractivity contribution in [2.75, 3.05) is 37.0 Å². The molecule has 0 aliphatic carbocycles. The Morgan fingerprint density at radius 2 is 1.86 bits per heavy atom. The minimum atomic E-state index is -3.07. The Balaban J connectivity index is 1.38. The van der Waals surface area contributed by atoms with Gasteiger partial charge in [-0.3, -0.25) is 4.98 Å². The predicted molar refractivity (Wildman–Crippen MR) is 168 cm³/mol. The molecule has 0 radical (unpaired) electrons. The van der Waals surface area contributed by atoms with Crippen LogP contribution in [0.25, 0.3) is 22.4 Å². The van der Waals surface area contributed by atoms with Gasteiger partial charge < -0.3 is 55.5 Å². The lowest BCUT2D eigenvalue weighted by molar-refractivity contribution is -0.221. The van der Waals surface area contributed by atoms with Gasteiger partial charge in [0.05, 0.1) is 49.7 Å². The molecule has 50 heavy (non-hydrogen) atoms. The third-order valence-electron chi connectivity index (χ3n) is 9.12. The van der Waals surface area contributed by atoms with Gasteiger partial charge in [0, 0.05) is 24.7 Å². The molecule has 7 atom stereocenters. The van der Waals surface area contributed by atoms with Gasteiger partial charge in [-0.1, -0.05) is 0 Å². The summed E-state index contributed by atoms with van der Waals surface area (Å²) in [4.78, 5) is 19.0. The van der Waals surface area contributed by atoms with Crippen molar-refractivity contribution in [1.82, 2.24) is 24.5 Å². The van der Waals surface area contributed by atoms with Crippen molar-refractivity contribution in [1.29, 1.82) is 0 Å². The van der Waals surface area contributed by atoms with E-state index in [2.05, 4.69) is 25.3 Å². The molecule has 3 aromatic heterocycles. The molecule has 2 saturated heterocycles. The van der Waals surface area contributed by atoms with E-state index < -0.39 is 67.0 Å². The Kier molecular flexibility index (Phi) is 10.1. The molecular formula is C31H36F4N8O7. The minimum Gasteiger partial charge on any atom is -0.494 e. The normalized spacial score (nSPS) is 26.4. The molecule has 2 aliphatic rings. The Labute approximate surface area is 281 Å². The van der Waals surface area contributed by atoms with E-state index in [1.165, 1.54) is 32.0 Å². The summed E-state index contributed by atoms with van der Waals surface area (Å²) in [5, 5.41) is 53.5. The number of anilines is 2. The SMILES string of the molecule is COc1cc(F)c(-c2cc(Cn3cnc4c(NC5OC(CO)C(O)C(O)C5O)ncnc43)c(N3CCC[C@@](N)([C@H](O)C(F)F)C3)cn2)cc1F. The zero-order valence-electron chi connectivity index (χ0n) is 26.6. The lowest BCUT2D eigenvalue weighted by atomic mass is 9.84. The van der Waals surface area contributed by atoms with E-state index in [9.17, 15) is 38.7 Å². The monoisotopic (exact) mass is 708 g/mol. The number of rotatable bonds is 10. The summed E-state index contributed by atoms with van der Waals surface area (Å²) >= 11 is 0. The summed E-state index contributed by atoms with van der Waals surface area (Å²) < 4.78 is 69.0. The largest absolute Gasteiger partial charge is 0.494 e. The van der Waals surface area contributed by atoms with E-state index in [1.54, 1.807) is 9.47 Å². The fourth-order valence-corrected chi connectivity index (χ4v) is 6.38. The maximum atomic E-state index is 15.2. The summed E-state index contributed by atoms with van der Waals surface area (Å²) in [5.41, 5.74) is 5.89. The summed E-state index contributed by atoms with van der Waals surface area (Å²) in [6, 6.07) is 3.35. The number of pyridine rings is 1. The third kappa shape index (κ3) is 6.64. The number of methoxy groups -OCH3 is 1. The molecule has 1 aromatic carbocycles. The average Bonchev–Trinajstić information content (AvgIpc) is 3.52. The number of ether oxygens (including phenoxy) is 2. The fourth-order valence-electron chi connectivity index (χ4n) is 6.38. The van der Waals surface area contributed by atoms with E-state index in [4.69, 9.17) is 15.2 Å². The number of aliphatic hydroxyl groups excluding tert-OH is 5. The van der Waals surface area contributed by atoms with Crippen molar-refractivity contribution in [3.05, 3.63) is 54.2 Å². The second-order valence-electron chi connectivity index (χ2n) is 12.4. The number of nitrogens with one attached hydrogen (secondary N) is 1. The van der Waals surface area contributed by atoms with E-state index in [0.717, 1.165) is 12.1 Å². The number of piperidine rings is 1. The van der Waals surface area contributed by atoms with Gasteiger partial charge in [-0.15, -0.1) is 0 Å². The van der Waals surface area contributed by atoms with Crippen molar-refractivity contribution < 1.29 is 52.6 Å². The molecule has 2 aliphatic heterocycles. The predicted octanol–water partition coefficient (Wildman–Crippen LogP) is 0.359. The summed E-state index contributed by atoms with van der Waals surface area (Å²) in [6.45, 7) is -0.431. The highest BCUT2D eigenvalue weighted by atomic mass is 19.3. The highest BCUT2D eigenvalue weighted by molar-refractivity contribution is 5.83. The Morgan fingerprint density at radius 3 is 2.58 bits per heavy atom. The molecule has 19 heteroatoms. The van der Waals surface area contributed by atoms with Crippen LogP contribution < -0.4 is 20.7 Å². The van der Waals surface area contributed by atoms with Crippen molar-refractivity contribution in [2.45, 2.75) is 68.1 Å². The van der Waals surface area contributed by atoms with Crippen LogP contribution in [-0.4, -0.2) is 126 Å². The number of alkyl halides is 2. The number of halogens is 4. The van der Waals surface area contributed by atoms with Gasteiger partial charge in [-0.05, 0) is 30.5 Å². The number of fused-ring (bicyclic) bond motifs is 1. The van der Waals surface area contributed by atoms with Crippen LogP contribution in [0.15, 0.2) is 37.1 Å². The molecule has 270 valence electrons. The first-order chi connectivity index (χ1) is 23.8. The van der Waals surface area contributed by atoms with Gasteiger partial charge in [-0.2, -0.15) is 0 Å². The van der Waals surface area contributed by atoms with Crippen LogP contribution in [0.3, 0.4) is 0 Å². The lowest BCUT2D eigenvalue weighted by Crippen LogP contribution is -2.63. The van der Waals surface area contributed by atoms with Crippen LogP contribution in [0.4, 0.5) is 29.1 Å². The zero-order valence-corrected chi connectivity index (χ0v) is 26.6. The van der Waals surface area contributed by atoms with Crippen molar-refractivity contribution in [3.63, 3.8) is 0 Å². The number of hydrogen-bond donors (Lipinski definition) is 7. The van der Waals surface area contributed by atoms with E-state index in [-0.39, 0.29) is 53.5 Å². The van der Waals surface area contributed by atoms with Crippen molar-refractivity contribution >= 4 is 22.7 Å². The van der Waals surface area contributed by atoms with Crippen LogP contribution in [0.2, 0.25) is 0 Å². The molecule has 0 bridgehead atoms. The molecular weight excluding hydrogens is 672 g/mol. The Morgan fingerprint density at radius 1 is 1.08 bits per heavy atom. The fraction of sp³-hybridized carbons (Fsp3) is 0.484. The highest BCUT2D eigenvalue weighted by Gasteiger charge is 2.45. The first-order valence-electron chi connectivity index (χ1n) is 15.6. The van der Waals surface area contributed by atoms with Crippen LogP contribution in [0.5, 0.6) is 5.75 Å². The Bertz CT molecular complexity index is 1840. The van der Waals surface area contributed by atoms with Gasteiger partial charge in [0.15, 0.2) is 34.8 Å². The number of aliphatic hydroxyl groups is 5. The maximum Gasteiger partial charge on any atom is 0.265 e. The molecule has 6 rings (SSSR count). The number of nitrogens with two attached hydrogens (primary N) is 1. The summed E-state index contributed by atoms with van der Waals surface area (Å²) in [6.07, 6.45) is -7.95. The van der Waals surface area contributed by atoms with Crippen LogP contribution in [-0.2, 0) is 11.3 Å². The minimum absolute atomic E-state index is 0.0103. The molecule has 8 N–H and O–H groups in total. The topological polar surface area (TPSA) is 217 Å². The molecule has 0 saturated carbocycles. The van der Waals surface area contributed by atoms with Gasteiger partial charge in [0.2, 0.25) is 0 Å². The van der Waals surface area contributed by atoms with Gasteiger partial charge in [0.1, 0.15) is 42.7 Å². The van der Waals surface area contributed by atoms with Gasteiger partial charge >= 0.3 is 0 Å². The number of hydrogen-bond acceptors (Lipinski definition) is 14. The zero-order chi connectivity index (χ0) is 35.9. The van der Waals surface area contributed by atoms with E-state index in [0.29, 0.717) is 24.2 Å². The molecule has 4 aromatic rings. The second kappa shape index (κ2) is 14.2. The smallest absolute Gasteiger partial charge is 0.265 e. The molecule has 15 nitrogen and oxygen atoms in total.